The van der Waals surface area contributed by atoms with Crippen LogP contribution in [0.25, 0.3) is 21.9 Å². The van der Waals surface area contributed by atoms with Crippen molar-refractivity contribution in [3.8, 4) is 23.0 Å². The van der Waals surface area contributed by atoms with Gasteiger partial charge in [-0.15, -0.1) is 0 Å². The van der Waals surface area contributed by atoms with Crippen molar-refractivity contribution in [1.82, 2.24) is 10.3 Å². The molecule has 1 aromatic heterocycles. The maximum Gasteiger partial charge on any atom is 0.405 e. The Bertz CT molecular complexity index is 1570. The van der Waals surface area contributed by atoms with E-state index in [2.05, 4.69) is 25.1 Å². The molecule has 0 spiro atoms. The molecule has 12 nitrogen and oxygen atoms in total. The number of hydrogen-bond acceptors (Lipinski definition) is 8. The Hall–Kier alpha value is -4.98. The van der Waals surface area contributed by atoms with Gasteiger partial charge in [-0.05, 0) is 49.6 Å². The van der Waals surface area contributed by atoms with Crippen LogP contribution < -0.4 is 20.5 Å². The fourth-order valence-electron chi connectivity index (χ4n) is 4.04. The quantitative estimate of drug-likeness (QED) is 0.0631. The van der Waals surface area contributed by atoms with E-state index < -0.39 is 41.3 Å². The second kappa shape index (κ2) is 14.7. The first-order valence-corrected chi connectivity index (χ1v) is 13.6. The highest BCUT2D eigenvalue weighted by atomic mass is 19.3. The zero-order chi connectivity index (χ0) is 33.4. The van der Waals surface area contributed by atoms with Gasteiger partial charge in [0, 0.05) is 40.6 Å². The molecule has 0 aliphatic heterocycles. The highest BCUT2D eigenvalue weighted by Gasteiger charge is 2.49. The van der Waals surface area contributed by atoms with Gasteiger partial charge in [-0.2, -0.15) is 8.78 Å². The average Bonchev–Trinajstić information content (AvgIpc) is 3.40. The topological polar surface area (TPSA) is 175 Å². The fraction of sp³-hybridized carbons (Fsp3) is 0.414. The van der Waals surface area contributed by atoms with E-state index in [1.807, 2.05) is 0 Å². The summed E-state index contributed by atoms with van der Waals surface area (Å²) in [6, 6.07) is 6.70. The number of unbranched alkanes of at least 4 members (excludes halogenated alkanes) is 1. The van der Waals surface area contributed by atoms with E-state index in [1.165, 1.54) is 25.1 Å². The van der Waals surface area contributed by atoms with Crippen molar-refractivity contribution >= 4 is 12.0 Å². The number of carbonyl (C=O) groups is 2. The number of ether oxygens (including phenoxy) is 3. The van der Waals surface area contributed by atoms with Crippen LogP contribution in [0.2, 0.25) is 0 Å². The number of halogens is 4. The molecule has 45 heavy (non-hydrogen) atoms. The number of primary amides is 1. The van der Waals surface area contributed by atoms with Gasteiger partial charge in [-0.25, -0.2) is 18.6 Å². The van der Waals surface area contributed by atoms with Crippen molar-refractivity contribution in [2.24, 2.45) is 16.3 Å². The molecule has 0 bridgehead atoms. The molecular weight excluding hydrogens is 604 g/mol. The van der Waals surface area contributed by atoms with E-state index in [-0.39, 0.29) is 59.7 Å². The molecule has 0 fully saturated rings. The van der Waals surface area contributed by atoms with E-state index in [4.69, 9.17) is 25.2 Å². The molecule has 1 unspecified atom stereocenters. The zero-order valence-electron chi connectivity index (χ0n) is 24.9. The molecule has 0 aliphatic carbocycles. The Kier molecular flexibility index (Phi) is 11.2. The molecule has 0 saturated carbocycles. The molecule has 242 valence electrons. The predicted octanol–water partition coefficient (Wildman–Crippen LogP) is 6.98. The van der Waals surface area contributed by atoms with Crippen LogP contribution in [-0.2, 0) is 16.9 Å². The Morgan fingerprint density at radius 1 is 1.11 bits per heavy atom. The summed E-state index contributed by atoms with van der Waals surface area (Å²) in [6.07, 6.45) is -0.271. The number of benzene rings is 2. The van der Waals surface area contributed by atoms with Gasteiger partial charge in [0.2, 0.25) is 5.89 Å². The minimum atomic E-state index is -3.16. The van der Waals surface area contributed by atoms with E-state index in [9.17, 15) is 27.2 Å². The van der Waals surface area contributed by atoms with Crippen LogP contribution in [0.5, 0.6) is 11.5 Å². The molecule has 3 N–H and O–H groups in total. The number of rotatable bonds is 14. The molecule has 0 saturated heterocycles. The van der Waals surface area contributed by atoms with Crippen LogP contribution in [-0.4, -0.2) is 36.7 Å². The number of hydrogen-bond donors (Lipinski definition) is 2. The molecule has 3 rings (SSSR count). The Morgan fingerprint density at radius 3 is 2.47 bits per heavy atom. The zero-order valence-corrected chi connectivity index (χ0v) is 24.9. The molecule has 0 radical (unpaired) electrons. The SMILES string of the molecule is CC(C)(C)C(C)(OC(N)=O)c1oc(-c2ccc(OC(F)F)c(OCCCCN=[N+]=[N-])c2)nc1C(=O)NCc1ccc(F)cc1F. The van der Waals surface area contributed by atoms with Crippen molar-refractivity contribution in [3.05, 3.63) is 75.5 Å². The van der Waals surface area contributed by atoms with Crippen molar-refractivity contribution in [3.63, 3.8) is 0 Å². The van der Waals surface area contributed by atoms with E-state index in [0.29, 0.717) is 18.9 Å². The summed E-state index contributed by atoms with van der Waals surface area (Å²) in [5, 5.41) is 5.91. The molecule has 2 aromatic carbocycles. The highest BCUT2D eigenvalue weighted by molar-refractivity contribution is 5.94. The van der Waals surface area contributed by atoms with Crippen LogP contribution >= 0.6 is 0 Å². The number of nitrogens with two attached hydrogens (primary N) is 1. The molecule has 3 aromatic rings. The molecule has 1 atom stereocenters. The second-order valence-corrected chi connectivity index (χ2v) is 10.9. The lowest BCUT2D eigenvalue weighted by atomic mass is 9.75. The van der Waals surface area contributed by atoms with Gasteiger partial charge in [0.25, 0.3) is 5.91 Å². The third-order valence-corrected chi connectivity index (χ3v) is 6.85. The van der Waals surface area contributed by atoms with Crippen molar-refractivity contribution in [2.45, 2.75) is 59.3 Å². The van der Waals surface area contributed by atoms with E-state index >= 15 is 0 Å². The lowest BCUT2D eigenvalue weighted by molar-refractivity contribution is -0.0707. The standard InChI is InChI=1S/C29H32F4N6O6/c1-28(2,3)29(4,45-27(34)41)23-22(24(40)36-15-17-7-9-18(30)14-19(17)31)38-25(44-23)16-8-10-20(43-26(32)33)21(13-16)42-12-6-5-11-37-39-35/h7-10,13-14,26H,5-6,11-12,15H2,1-4H3,(H2,34,41)(H,36,40). The number of nitrogens with one attached hydrogen (secondary N) is 1. The van der Waals surface area contributed by atoms with Gasteiger partial charge in [0.1, 0.15) is 11.6 Å². The number of azide groups is 1. The van der Waals surface area contributed by atoms with Crippen LogP contribution in [0.15, 0.2) is 45.9 Å². The molecule has 16 heteroatoms. The van der Waals surface area contributed by atoms with Crippen LogP contribution in [0.3, 0.4) is 0 Å². The largest absolute Gasteiger partial charge is 0.490 e. The number of aromatic nitrogens is 1. The summed E-state index contributed by atoms with van der Waals surface area (Å²) in [6.45, 7) is 3.31. The number of amides is 2. The minimum absolute atomic E-state index is 0.0159. The van der Waals surface area contributed by atoms with Gasteiger partial charge in [-0.1, -0.05) is 32.0 Å². The van der Waals surface area contributed by atoms with Gasteiger partial charge in [0.15, 0.2) is 28.6 Å². The van der Waals surface area contributed by atoms with Gasteiger partial charge in [-0.3, -0.25) is 4.79 Å². The normalized spacial score (nSPS) is 12.6. The van der Waals surface area contributed by atoms with E-state index in [1.54, 1.807) is 20.8 Å². The molecule has 2 amide bonds. The second-order valence-electron chi connectivity index (χ2n) is 10.9. The average molecular weight is 637 g/mol. The first kappa shape index (κ1) is 34.5. The molecular formula is C29H32F4N6O6. The lowest BCUT2D eigenvalue weighted by Crippen LogP contribution is -2.44. The summed E-state index contributed by atoms with van der Waals surface area (Å²) in [4.78, 5) is 32.4. The maximum absolute atomic E-state index is 14.2. The number of oxazole rings is 1. The summed E-state index contributed by atoms with van der Waals surface area (Å²) in [7, 11) is 0. The number of alkyl halides is 2. The summed E-state index contributed by atoms with van der Waals surface area (Å²) in [5.74, 6) is -3.33. The van der Waals surface area contributed by atoms with Crippen molar-refractivity contribution in [1.29, 1.82) is 0 Å². The highest BCUT2D eigenvalue weighted by Crippen LogP contribution is 2.45. The Labute approximate surface area is 255 Å². The molecule has 1 heterocycles. The first-order chi connectivity index (χ1) is 21.2. The smallest absolute Gasteiger partial charge is 0.405 e. The maximum atomic E-state index is 14.2. The summed E-state index contributed by atoms with van der Waals surface area (Å²) in [5.41, 5.74) is 11.0. The van der Waals surface area contributed by atoms with Crippen molar-refractivity contribution in [2.75, 3.05) is 13.2 Å². The summed E-state index contributed by atoms with van der Waals surface area (Å²) >= 11 is 0. The Morgan fingerprint density at radius 2 is 1.84 bits per heavy atom. The van der Waals surface area contributed by atoms with Crippen molar-refractivity contribution < 1.29 is 45.8 Å². The minimum Gasteiger partial charge on any atom is -0.490 e. The van der Waals surface area contributed by atoms with Crippen LogP contribution in [0.1, 0.15) is 62.3 Å². The molecule has 0 aliphatic rings. The fourth-order valence-corrected chi connectivity index (χ4v) is 4.04. The van der Waals surface area contributed by atoms with Gasteiger partial charge in [0.05, 0.1) is 6.61 Å². The van der Waals surface area contributed by atoms with Crippen LogP contribution in [0.4, 0.5) is 22.4 Å². The van der Waals surface area contributed by atoms with Gasteiger partial charge < -0.3 is 29.7 Å². The number of carbonyl (C=O) groups excluding carboxylic acids is 2. The van der Waals surface area contributed by atoms with Crippen LogP contribution in [0, 0.1) is 17.0 Å². The third kappa shape index (κ3) is 8.79. The third-order valence-electron chi connectivity index (χ3n) is 6.85. The number of nitrogens with zero attached hydrogens (tertiary/aromatic N) is 4. The van der Waals surface area contributed by atoms with E-state index in [0.717, 1.165) is 12.1 Å². The van der Waals surface area contributed by atoms with Gasteiger partial charge >= 0.3 is 12.7 Å². The first-order valence-electron chi connectivity index (χ1n) is 13.6. The lowest BCUT2D eigenvalue weighted by Gasteiger charge is -2.38. The monoisotopic (exact) mass is 636 g/mol. The Balaban J connectivity index is 2.06. The predicted molar refractivity (Wildman–Crippen MR) is 152 cm³/mol. The summed E-state index contributed by atoms with van der Waals surface area (Å²) < 4.78 is 75.5.